The number of hydrogen-bond acceptors (Lipinski definition) is 5. The van der Waals surface area contributed by atoms with Gasteiger partial charge in [0.2, 0.25) is 0 Å². The molecule has 1 amide bonds. The molecular formula is C24H27NO5. The van der Waals surface area contributed by atoms with E-state index in [2.05, 4.69) is 12.1 Å². The van der Waals surface area contributed by atoms with Crippen molar-refractivity contribution in [3.8, 4) is 11.5 Å². The van der Waals surface area contributed by atoms with E-state index in [0.717, 1.165) is 24.8 Å². The lowest BCUT2D eigenvalue weighted by Gasteiger charge is -2.33. The first-order valence-corrected chi connectivity index (χ1v) is 9.93. The maximum atomic E-state index is 12.6. The molecule has 2 aromatic rings. The highest BCUT2D eigenvalue weighted by molar-refractivity contribution is 5.89. The predicted molar refractivity (Wildman–Crippen MR) is 114 cm³/mol. The summed E-state index contributed by atoms with van der Waals surface area (Å²) in [6, 6.07) is 13.5. The fourth-order valence-corrected chi connectivity index (χ4v) is 3.68. The summed E-state index contributed by atoms with van der Waals surface area (Å²) < 4.78 is 15.6. The molecule has 1 aliphatic rings. The topological polar surface area (TPSA) is 65.1 Å². The summed E-state index contributed by atoms with van der Waals surface area (Å²) in [6.07, 6.45) is 5.86. The number of amides is 1. The van der Waals surface area contributed by atoms with Crippen molar-refractivity contribution < 1.29 is 23.8 Å². The lowest BCUT2D eigenvalue weighted by Crippen LogP contribution is -2.36. The van der Waals surface area contributed by atoms with Crippen molar-refractivity contribution in [3.63, 3.8) is 0 Å². The molecule has 0 aliphatic heterocycles. The number of benzene rings is 2. The minimum absolute atomic E-state index is 0.0148. The molecule has 0 N–H and O–H groups in total. The zero-order valence-corrected chi connectivity index (χ0v) is 17.6. The van der Waals surface area contributed by atoms with Crippen molar-refractivity contribution in [2.24, 2.45) is 0 Å². The number of rotatable bonds is 7. The zero-order chi connectivity index (χ0) is 21.5. The first-order valence-electron chi connectivity index (χ1n) is 9.93. The maximum absolute atomic E-state index is 12.6. The van der Waals surface area contributed by atoms with Crippen LogP contribution in [0.1, 0.15) is 35.6 Å². The molecule has 0 saturated carbocycles. The molecule has 0 bridgehead atoms. The van der Waals surface area contributed by atoms with Gasteiger partial charge in [0.15, 0.2) is 6.61 Å². The van der Waals surface area contributed by atoms with E-state index in [1.165, 1.54) is 17.2 Å². The Morgan fingerprint density at radius 1 is 1.10 bits per heavy atom. The third kappa shape index (κ3) is 5.20. The Morgan fingerprint density at radius 3 is 2.50 bits per heavy atom. The van der Waals surface area contributed by atoms with E-state index in [1.54, 1.807) is 50.4 Å². The van der Waals surface area contributed by atoms with Gasteiger partial charge in [0, 0.05) is 19.2 Å². The number of fused-ring (bicyclic) bond motifs is 1. The van der Waals surface area contributed by atoms with E-state index in [1.807, 2.05) is 12.1 Å². The first kappa shape index (κ1) is 21.4. The van der Waals surface area contributed by atoms with Crippen molar-refractivity contribution >= 4 is 18.0 Å². The van der Waals surface area contributed by atoms with Crippen molar-refractivity contribution in [2.45, 2.75) is 25.3 Å². The van der Waals surface area contributed by atoms with Gasteiger partial charge in [0.05, 0.1) is 20.3 Å². The number of nitrogens with zero attached hydrogens (tertiary/aromatic N) is 1. The van der Waals surface area contributed by atoms with E-state index in [9.17, 15) is 9.59 Å². The number of esters is 1. The van der Waals surface area contributed by atoms with E-state index in [4.69, 9.17) is 14.2 Å². The normalized spacial score (nSPS) is 15.4. The predicted octanol–water partition coefficient (Wildman–Crippen LogP) is 3.80. The molecule has 2 aromatic carbocycles. The summed E-state index contributed by atoms with van der Waals surface area (Å²) in [4.78, 5) is 26.4. The fraction of sp³-hybridized carbons (Fsp3) is 0.333. The van der Waals surface area contributed by atoms with Gasteiger partial charge in [-0.05, 0) is 54.2 Å². The van der Waals surface area contributed by atoms with Crippen LogP contribution in [0.5, 0.6) is 11.5 Å². The van der Waals surface area contributed by atoms with Crippen LogP contribution in [0.15, 0.2) is 48.5 Å². The fourth-order valence-electron chi connectivity index (χ4n) is 3.68. The number of carbonyl (C=O) groups is 2. The molecule has 0 aromatic heterocycles. The Kier molecular flexibility index (Phi) is 7.12. The van der Waals surface area contributed by atoms with Gasteiger partial charge in [-0.2, -0.15) is 0 Å². The van der Waals surface area contributed by atoms with Crippen molar-refractivity contribution in [3.05, 3.63) is 65.2 Å². The number of likely N-dealkylation sites (N-methyl/N-ethyl adjacent to an activating group) is 1. The molecule has 0 unspecified atom stereocenters. The second kappa shape index (κ2) is 9.96. The Bertz CT molecular complexity index is 915. The van der Waals surface area contributed by atoms with Crippen LogP contribution in [-0.4, -0.2) is 44.7 Å². The lowest BCUT2D eigenvalue weighted by atomic mass is 9.87. The quantitative estimate of drug-likeness (QED) is 0.514. The smallest absolute Gasteiger partial charge is 0.331 e. The summed E-state index contributed by atoms with van der Waals surface area (Å²) in [6.45, 7) is -0.292. The first-order chi connectivity index (χ1) is 14.5. The summed E-state index contributed by atoms with van der Waals surface area (Å²) in [7, 11) is 4.88. The summed E-state index contributed by atoms with van der Waals surface area (Å²) >= 11 is 0. The SMILES string of the molecule is COc1cc(/C=C/C(=O)OCC(=O)N(C)[C@H]2CCCc3ccccc32)cc(OC)c1. The molecule has 0 saturated heterocycles. The second-order valence-corrected chi connectivity index (χ2v) is 7.20. The summed E-state index contributed by atoms with van der Waals surface area (Å²) in [5.74, 6) is 0.433. The Hall–Kier alpha value is -3.28. The highest BCUT2D eigenvalue weighted by atomic mass is 16.5. The van der Waals surface area contributed by atoms with Gasteiger partial charge in [0.25, 0.3) is 5.91 Å². The molecule has 3 rings (SSSR count). The third-order valence-electron chi connectivity index (χ3n) is 5.32. The Balaban J connectivity index is 1.57. The van der Waals surface area contributed by atoms with Crippen LogP contribution in [0.3, 0.4) is 0 Å². The van der Waals surface area contributed by atoms with Gasteiger partial charge in [-0.1, -0.05) is 24.3 Å². The van der Waals surface area contributed by atoms with Gasteiger partial charge in [0.1, 0.15) is 11.5 Å². The van der Waals surface area contributed by atoms with Crippen molar-refractivity contribution in [2.75, 3.05) is 27.9 Å². The molecule has 0 heterocycles. The molecule has 6 heteroatoms. The minimum Gasteiger partial charge on any atom is -0.497 e. The van der Waals surface area contributed by atoms with Crippen LogP contribution in [0, 0.1) is 0 Å². The second-order valence-electron chi connectivity index (χ2n) is 7.20. The molecule has 0 fully saturated rings. The number of ether oxygens (including phenoxy) is 3. The van der Waals surface area contributed by atoms with Gasteiger partial charge in [-0.15, -0.1) is 0 Å². The van der Waals surface area contributed by atoms with E-state index in [0.29, 0.717) is 11.5 Å². The van der Waals surface area contributed by atoms with Crippen molar-refractivity contribution in [1.29, 1.82) is 0 Å². The number of aryl methyl sites for hydroxylation is 1. The average molecular weight is 409 g/mol. The van der Waals surface area contributed by atoms with Crippen LogP contribution in [-0.2, 0) is 20.7 Å². The average Bonchev–Trinajstić information content (AvgIpc) is 2.79. The molecular weight excluding hydrogens is 382 g/mol. The highest BCUT2D eigenvalue weighted by Crippen LogP contribution is 2.33. The van der Waals surface area contributed by atoms with Crippen LogP contribution in [0.2, 0.25) is 0 Å². The lowest BCUT2D eigenvalue weighted by molar-refractivity contribution is -0.148. The summed E-state index contributed by atoms with van der Waals surface area (Å²) in [5, 5.41) is 0. The third-order valence-corrected chi connectivity index (χ3v) is 5.32. The van der Waals surface area contributed by atoms with Crippen LogP contribution in [0.4, 0.5) is 0 Å². The van der Waals surface area contributed by atoms with Gasteiger partial charge >= 0.3 is 5.97 Å². The van der Waals surface area contributed by atoms with E-state index < -0.39 is 5.97 Å². The van der Waals surface area contributed by atoms with Crippen LogP contribution >= 0.6 is 0 Å². The number of carbonyl (C=O) groups excluding carboxylic acids is 2. The highest BCUT2D eigenvalue weighted by Gasteiger charge is 2.26. The molecule has 158 valence electrons. The zero-order valence-electron chi connectivity index (χ0n) is 17.6. The maximum Gasteiger partial charge on any atom is 0.331 e. The van der Waals surface area contributed by atoms with Crippen LogP contribution < -0.4 is 9.47 Å². The van der Waals surface area contributed by atoms with Gasteiger partial charge < -0.3 is 19.1 Å². The molecule has 0 spiro atoms. The molecule has 1 aliphatic carbocycles. The summed E-state index contributed by atoms with van der Waals surface area (Å²) in [5.41, 5.74) is 3.19. The van der Waals surface area contributed by atoms with E-state index >= 15 is 0 Å². The standard InChI is InChI=1S/C24H27NO5/c1-25(22-10-6-8-18-7-4-5-9-21(18)22)23(26)16-30-24(27)12-11-17-13-19(28-2)15-20(14-17)29-3/h4-5,7,9,11-15,22H,6,8,10,16H2,1-3H3/b12-11+/t22-/m0/s1. The minimum atomic E-state index is -0.581. The molecule has 1 atom stereocenters. The monoisotopic (exact) mass is 409 g/mol. The Morgan fingerprint density at radius 2 is 1.80 bits per heavy atom. The van der Waals surface area contributed by atoms with Crippen molar-refractivity contribution in [1.82, 2.24) is 4.90 Å². The molecule has 0 radical (unpaired) electrons. The van der Waals surface area contributed by atoms with Gasteiger partial charge in [-0.3, -0.25) is 4.79 Å². The molecule has 30 heavy (non-hydrogen) atoms. The number of methoxy groups -OCH3 is 2. The Labute approximate surface area is 177 Å². The number of hydrogen-bond donors (Lipinski definition) is 0. The van der Waals surface area contributed by atoms with Gasteiger partial charge in [-0.25, -0.2) is 4.79 Å². The molecule has 6 nitrogen and oxygen atoms in total. The van der Waals surface area contributed by atoms with Crippen LogP contribution in [0.25, 0.3) is 6.08 Å². The van der Waals surface area contributed by atoms with E-state index in [-0.39, 0.29) is 18.6 Å². The largest absolute Gasteiger partial charge is 0.497 e.